The lowest BCUT2D eigenvalue weighted by Crippen LogP contribution is -2.01. The first kappa shape index (κ1) is 10.1. The van der Waals surface area contributed by atoms with Crippen LogP contribution < -0.4 is 0 Å². The van der Waals surface area contributed by atoms with Gasteiger partial charge in [0.05, 0.1) is 20.3 Å². The normalized spacial score (nSPS) is 26.8. The largest absolute Gasteiger partial charge is 0.501 e. The van der Waals surface area contributed by atoms with Gasteiger partial charge in [0.25, 0.3) is 0 Å². The van der Waals surface area contributed by atoms with Gasteiger partial charge in [0.1, 0.15) is 5.76 Å². The number of carbonyl (C=O) groups is 1. The lowest BCUT2D eigenvalue weighted by molar-refractivity contribution is -0.135. The number of rotatable bonds is 4. The average Bonchev–Trinajstić information content (AvgIpc) is 2.92. The third kappa shape index (κ3) is 2.45. The summed E-state index contributed by atoms with van der Waals surface area (Å²) in [6, 6.07) is 0. The minimum atomic E-state index is -0.416. The van der Waals surface area contributed by atoms with E-state index in [2.05, 4.69) is 4.74 Å². The number of methoxy groups -OCH3 is 2. The minimum absolute atomic E-state index is 0.145. The molecule has 0 aliphatic heterocycles. The molecular formula is C9H14O4. The van der Waals surface area contributed by atoms with Crippen LogP contribution in [0.15, 0.2) is 11.8 Å². The molecule has 1 saturated carbocycles. The van der Waals surface area contributed by atoms with Crippen LogP contribution in [-0.2, 0) is 14.3 Å². The highest BCUT2D eigenvalue weighted by Crippen LogP contribution is 2.43. The van der Waals surface area contributed by atoms with Gasteiger partial charge < -0.3 is 14.6 Å². The van der Waals surface area contributed by atoms with E-state index in [1.165, 1.54) is 20.3 Å². The fourth-order valence-electron chi connectivity index (χ4n) is 1.29. The number of ether oxygens (including phenoxy) is 2. The third-order valence-corrected chi connectivity index (χ3v) is 2.22. The van der Waals surface area contributed by atoms with Crippen molar-refractivity contribution in [3.05, 3.63) is 11.8 Å². The Morgan fingerprint density at radius 2 is 2.23 bits per heavy atom. The van der Waals surface area contributed by atoms with E-state index < -0.39 is 5.97 Å². The molecule has 13 heavy (non-hydrogen) atoms. The van der Waals surface area contributed by atoms with Crippen LogP contribution in [0.1, 0.15) is 6.42 Å². The van der Waals surface area contributed by atoms with Crippen LogP contribution in [0.3, 0.4) is 0 Å². The number of allylic oxidation sites excluding steroid dienone is 1. The van der Waals surface area contributed by atoms with Crippen LogP contribution in [0, 0.1) is 11.8 Å². The van der Waals surface area contributed by atoms with Gasteiger partial charge >= 0.3 is 5.97 Å². The Bertz CT molecular complexity index is 222. The molecule has 0 heterocycles. The van der Waals surface area contributed by atoms with E-state index in [1.54, 1.807) is 0 Å². The molecule has 4 nitrogen and oxygen atoms in total. The Labute approximate surface area is 77.1 Å². The Balaban J connectivity index is 2.53. The van der Waals surface area contributed by atoms with Crippen LogP contribution in [-0.4, -0.2) is 31.9 Å². The summed E-state index contributed by atoms with van der Waals surface area (Å²) in [6.45, 7) is 0.145. The summed E-state index contributed by atoms with van der Waals surface area (Å²) in [5, 5.41) is 8.81. The molecule has 0 aromatic carbocycles. The second-order valence-corrected chi connectivity index (χ2v) is 3.06. The van der Waals surface area contributed by atoms with Crippen molar-refractivity contribution in [2.45, 2.75) is 6.42 Å². The molecule has 0 saturated heterocycles. The fraction of sp³-hybridized carbons (Fsp3) is 0.667. The van der Waals surface area contributed by atoms with Crippen LogP contribution in [0.5, 0.6) is 0 Å². The van der Waals surface area contributed by atoms with Gasteiger partial charge in [0.15, 0.2) is 0 Å². The predicted molar refractivity (Wildman–Crippen MR) is 45.8 cm³/mol. The van der Waals surface area contributed by atoms with E-state index >= 15 is 0 Å². The second-order valence-electron chi connectivity index (χ2n) is 3.06. The summed E-state index contributed by atoms with van der Waals surface area (Å²) in [4.78, 5) is 10.9. The number of esters is 1. The Morgan fingerprint density at radius 3 is 2.62 bits per heavy atom. The van der Waals surface area contributed by atoms with Crippen molar-refractivity contribution in [3.8, 4) is 0 Å². The van der Waals surface area contributed by atoms with Crippen molar-refractivity contribution >= 4 is 5.97 Å². The molecule has 1 aliphatic rings. The van der Waals surface area contributed by atoms with Crippen molar-refractivity contribution < 1.29 is 19.4 Å². The van der Waals surface area contributed by atoms with Gasteiger partial charge in [-0.05, 0) is 12.3 Å². The lowest BCUT2D eigenvalue weighted by atomic mass is 10.2. The van der Waals surface area contributed by atoms with Gasteiger partial charge in [0.2, 0.25) is 0 Å². The molecule has 0 aromatic rings. The molecule has 1 aliphatic carbocycles. The zero-order valence-corrected chi connectivity index (χ0v) is 7.82. The third-order valence-electron chi connectivity index (χ3n) is 2.22. The molecule has 1 fully saturated rings. The highest BCUT2D eigenvalue weighted by molar-refractivity contribution is 5.82. The number of aliphatic hydroxyl groups is 1. The van der Waals surface area contributed by atoms with Crippen LogP contribution >= 0.6 is 0 Å². The lowest BCUT2D eigenvalue weighted by Gasteiger charge is -2.03. The molecule has 0 bridgehead atoms. The standard InChI is InChI=1S/C9H14O4/c1-12-8(4-9(11)13-2)7-3-6(7)5-10/h4,6-7,10H,3,5H2,1-2H3/b8-4+/t6-,7-/m1/s1. The molecule has 2 atom stereocenters. The van der Waals surface area contributed by atoms with Gasteiger partial charge in [-0.25, -0.2) is 4.79 Å². The van der Waals surface area contributed by atoms with Crippen molar-refractivity contribution in [2.75, 3.05) is 20.8 Å². The fourth-order valence-corrected chi connectivity index (χ4v) is 1.29. The van der Waals surface area contributed by atoms with Gasteiger partial charge in [0, 0.05) is 12.5 Å². The van der Waals surface area contributed by atoms with E-state index in [-0.39, 0.29) is 18.4 Å². The average molecular weight is 186 g/mol. The van der Waals surface area contributed by atoms with Gasteiger partial charge in [-0.2, -0.15) is 0 Å². The van der Waals surface area contributed by atoms with Crippen molar-refractivity contribution in [3.63, 3.8) is 0 Å². The molecule has 1 rings (SSSR count). The molecule has 4 heteroatoms. The van der Waals surface area contributed by atoms with Gasteiger partial charge in [-0.15, -0.1) is 0 Å². The maximum atomic E-state index is 10.9. The summed E-state index contributed by atoms with van der Waals surface area (Å²) >= 11 is 0. The molecular weight excluding hydrogens is 172 g/mol. The van der Waals surface area contributed by atoms with Crippen molar-refractivity contribution in [1.29, 1.82) is 0 Å². The van der Waals surface area contributed by atoms with Gasteiger partial charge in [-0.3, -0.25) is 0 Å². The minimum Gasteiger partial charge on any atom is -0.501 e. The van der Waals surface area contributed by atoms with Crippen molar-refractivity contribution in [1.82, 2.24) is 0 Å². The molecule has 1 N–H and O–H groups in total. The predicted octanol–water partition coefficient (Wildman–Crippen LogP) is 0.318. The van der Waals surface area contributed by atoms with Crippen LogP contribution in [0.25, 0.3) is 0 Å². The van der Waals surface area contributed by atoms with Crippen LogP contribution in [0.4, 0.5) is 0 Å². The number of carbonyl (C=O) groups excluding carboxylic acids is 1. The molecule has 0 aromatic heterocycles. The molecule has 0 radical (unpaired) electrons. The zero-order valence-electron chi connectivity index (χ0n) is 7.82. The van der Waals surface area contributed by atoms with Crippen LogP contribution in [0.2, 0.25) is 0 Å². The molecule has 0 unspecified atom stereocenters. The monoisotopic (exact) mass is 186 g/mol. The first-order valence-corrected chi connectivity index (χ1v) is 4.17. The summed E-state index contributed by atoms with van der Waals surface area (Å²) in [7, 11) is 2.84. The smallest absolute Gasteiger partial charge is 0.333 e. The summed E-state index contributed by atoms with van der Waals surface area (Å²) in [5.41, 5.74) is 0. The zero-order chi connectivity index (χ0) is 9.84. The van der Waals surface area contributed by atoms with E-state index in [0.29, 0.717) is 5.76 Å². The molecule has 0 amide bonds. The topological polar surface area (TPSA) is 55.8 Å². The van der Waals surface area contributed by atoms with E-state index in [9.17, 15) is 4.79 Å². The quantitative estimate of drug-likeness (QED) is 0.390. The second kappa shape index (κ2) is 4.28. The van der Waals surface area contributed by atoms with E-state index in [0.717, 1.165) is 6.42 Å². The maximum Gasteiger partial charge on any atom is 0.333 e. The molecule has 74 valence electrons. The Kier molecular flexibility index (Phi) is 3.31. The Morgan fingerprint density at radius 1 is 1.54 bits per heavy atom. The van der Waals surface area contributed by atoms with Crippen molar-refractivity contribution in [2.24, 2.45) is 11.8 Å². The first-order chi connectivity index (χ1) is 6.22. The summed E-state index contributed by atoms with van der Waals surface area (Å²) < 4.78 is 9.50. The summed E-state index contributed by atoms with van der Waals surface area (Å²) in [6.07, 6.45) is 2.22. The SMILES string of the molecule is COC(=O)/C=C(/OC)[C@@H]1C[C@@H]1CO. The summed E-state index contributed by atoms with van der Waals surface area (Å²) in [5.74, 6) is 0.622. The Hall–Kier alpha value is -1.03. The number of aliphatic hydroxyl groups excluding tert-OH is 1. The number of hydrogen-bond donors (Lipinski definition) is 1. The highest BCUT2D eigenvalue weighted by atomic mass is 16.5. The highest BCUT2D eigenvalue weighted by Gasteiger charge is 2.40. The molecule has 0 spiro atoms. The first-order valence-electron chi connectivity index (χ1n) is 4.17. The number of hydrogen-bond acceptors (Lipinski definition) is 4. The van der Waals surface area contributed by atoms with E-state index in [4.69, 9.17) is 9.84 Å². The maximum absolute atomic E-state index is 10.9. The van der Waals surface area contributed by atoms with Gasteiger partial charge in [-0.1, -0.05) is 0 Å². The van der Waals surface area contributed by atoms with E-state index in [1.807, 2.05) is 0 Å².